The van der Waals surface area contributed by atoms with Gasteiger partial charge in [-0.25, -0.2) is 9.78 Å². The molecule has 1 aliphatic heterocycles. The summed E-state index contributed by atoms with van der Waals surface area (Å²) in [5.74, 6) is -0.155. The SMILES string of the molecule is CN1CCN(c2cc3[nH]c(NC4CCCC4)nc3cc2C(=O)O)CC1. The molecule has 4 rings (SSSR count). The molecule has 0 amide bonds. The molecule has 3 N–H and O–H groups in total. The second-order valence-electron chi connectivity index (χ2n) is 7.19. The van der Waals surface area contributed by atoms with Crippen molar-refractivity contribution < 1.29 is 9.90 Å². The van der Waals surface area contributed by atoms with Crippen LogP contribution in [-0.2, 0) is 0 Å². The maximum absolute atomic E-state index is 11.8. The molecule has 0 atom stereocenters. The number of benzene rings is 1. The molecule has 0 radical (unpaired) electrons. The van der Waals surface area contributed by atoms with Gasteiger partial charge in [0.2, 0.25) is 5.95 Å². The Hall–Kier alpha value is -2.28. The number of H-pyrrole nitrogens is 1. The van der Waals surface area contributed by atoms with Crippen molar-refractivity contribution in [1.82, 2.24) is 14.9 Å². The van der Waals surface area contributed by atoms with Crippen LogP contribution < -0.4 is 10.2 Å². The quantitative estimate of drug-likeness (QED) is 0.790. The average molecular weight is 343 g/mol. The van der Waals surface area contributed by atoms with Crippen LogP contribution in [0.3, 0.4) is 0 Å². The van der Waals surface area contributed by atoms with Crippen molar-refractivity contribution in [1.29, 1.82) is 0 Å². The first-order valence-corrected chi connectivity index (χ1v) is 9.07. The molecule has 1 aromatic heterocycles. The normalized spacial score (nSPS) is 19.6. The lowest BCUT2D eigenvalue weighted by molar-refractivity contribution is 0.0697. The number of hydrogen-bond acceptors (Lipinski definition) is 5. The van der Waals surface area contributed by atoms with Crippen LogP contribution in [0.4, 0.5) is 11.6 Å². The van der Waals surface area contributed by atoms with E-state index < -0.39 is 5.97 Å². The van der Waals surface area contributed by atoms with Gasteiger partial charge >= 0.3 is 5.97 Å². The number of piperazine rings is 1. The van der Waals surface area contributed by atoms with Crippen LogP contribution in [0, 0.1) is 0 Å². The third kappa shape index (κ3) is 3.28. The number of hydrogen-bond donors (Lipinski definition) is 3. The van der Waals surface area contributed by atoms with E-state index in [2.05, 4.69) is 32.1 Å². The van der Waals surface area contributed by atoms with Gasteiger partial charge < -0.3 is 25.2 Å². The summed E-state index contributed by atoms with van der Waals surface area (Å²) in [5.41, 5.74) is 2.70. The Morgan fingerprint density at radius 1 is 1.24 bits per heavy atom. The van der Waals surface area contributed by atoms with Gasteiger partial charge in [-0.2, -0.15) is 0 Å². The minimum atomic E-state index is -0.899. The van der Waals surface area contributed by atoms with Crippen molar-refractivity contribution in [2.75, 3.05) is 43.4 Å². The number of anilines is 2. The summed E-state index contributed by atoms with van der Waals surface area (Å²) in [7, 11) is 2.09. The van der Waals surface area contributed by atoms with E-state index in [1.54, 1.807) is 6.07 Å². The first kappa shape index (κ1) is 16.2. The van der Waals surface area contributed by atoms with E-state index in [-0.39, 0.29) is 0 Å². The summed E-state index contributed by atoms with van der Waals surface area (Å²) < 4.78 is 0. The predicted octanol–water partition coefficient (Wildman–Crippen LogP) is 2.37. The summed E-state index contributed by atoms with van der Waals surface area (Å²) in [4.78, 5) is 24.1. The van der Waals surface area contributed by atoms with E-state index in [0.717, 1.165) is 43.3 Å². The summed E-state index contributed by atoms with van der Waals surface area (Å²) in [5, 5.41) is 13.1. The highest BCUT2D eigenvalue weighted by Crippen LogP contribution is 2.29. The lowest BCUT2D eigenvalue weighted by Crippen LogP contribution is -2.45. The molecular weight excluding hydrogens is 318 g/mol. The molecule has 0 spiro atoms. The summed E-state index contributed by atoms with van der Waals surface area (Å²) >= 11 is 0. The molecule has 0 bridgehead atoms. The zero-order valence-electron chi connectivity index (χ0n) is 14.6. The number of carboxylic acid groups (broad SMARTS) is 1. The molecule has 2 aromatic rings. The highest BCUT2D eigenvalue weighted by atomic mass is 16.4. The zero-order chi connectivity index (χ0) is 17.4. The molecule has 1 aromatic carbocycles. The minimum Gasteiger partial charge on any atom is -0.478 e. The molecule has 25 heavy (non-hydrogen) atoms. The van der Waals surface area contributed by atoms with Crippen LogP contribution in [0.15, 0.2) is 12.1 Å². The number of fused-ring (bicyclic) bond motifs is 1. The maximum Gasteiger partial charge on any atom is 0.337 e. The number of carboxylic acids is 1. The molecular formula is C18H25N5O2. The first-order chi connectivity index (χ1) is 12.1. The van der Waals surface area contributed by atoms with Gasteiger partial charge in [-0.1, -0.05) is 12.8 Å². The topological polar surface area (TPSA) is 84.5 Å². The third-order valence-corrected chi connectivity index (χ3v) is 5.37. The van der Waals surface area contributed by atoms with Gasteiger partial charge in [0, 0.05) is 32.2 Å². The Bertz CT molecular complexity index is 773. The average Bonchev–Trinajstić information content (AvgIpc) is 3.23. The van der Waals surface area contributed by atoms with Crippen LogP contribution in [0.1, 0.15) is 36.0 Å². The molecule has 1 aliphatic carbocycles. The molecule has 2 aliphatic rings. The minimum absolute atomic E-state index is 0.330. The van der Waals surface area contributed by atoms with E-state index >= 15 is 0 Å². The number of nitrogens with zero attached hydrogens (tertiary/aromatic N) is 3. The predicted molar refractivity (Wildman–Crippen MR) is 98.6 cm³/mol. The number of rotatable bonds is 4. The van der Waals surface area contributed by atoms with E-state index in [0.29, 0.717) is 17.1 Å². The molecule has 0 unspecified atom stereocenters. The number of aromatic carboxylic acids is 1. The smallest absolute Gasteiger partial charge is 0.337 e. The Morgan fingerprint density at radius 2 is 1.96 bits per heavy atom. The van der Waals surface area contributed by atoms with Gasteiger partial charge in [0.15, 0.2) is 0 Å². The fourth-order valence-electron chi connectivity index (χ4n) is 3.86. The maximum atomic E-state index is 11.8. The van der Waals surface area contributed by atoms with E-state index in [9.17, 15) is 9.90 Å². The van der Waals surface area contributed by atoms with Crippen LogP contribution in [0.2, 0.25) is 0 Å². The van der Waals surface area contributed by atoms with Gasteiger partial charge in [-0.05, 0) is 32.0 Å². The number of aromatic amines is 1. The number of imidazole rings is 1. The van der Waals surface area contributed by atoms with E-state index in [1.165, 1.54) is 25.7 Å². The van der Waals surface area contributed by atoms with Crippen LogP contribution in [0.5, 0.6) is 0 Å². The number of carbonyl (C=O) groups is 1. The Balaban J connectivity index is 1.66. The van der Waals surface area contributed by atoms with Crippen molar-refractivity contribution in [2.45, 2.75) is 31.7 Å². The summed E-state index contributed by atoms with van der Waals surface area (Å²) in [6.07, 6.45) is 4.86. The van der Waals surface area contributed by atoms with Gasteiger partial charge in [-0.3, -0.25) is 0 Å². The second-order valence-corrected chi connectivity index (χ2v) is 7.19. The number of aromatic nitrogens is 2. The fraction of sp³-hybridized carbons (Fsp3) is 0.556. The Kier molecular flexibility index (Phi) is 4.25. The van der Waals surface area contributed by atoms with Gasteiger partial charge in [-0.15, -0.1) is 0 Å². The van der Waals surface area contributed by atoms with Crippen molar-refractivity contribution in [2.24, 2.45) is 0 Å². The van der Waals surface area contributed by atoms with Crippen LogP contribution in [0.25, 0.3) is 11.0 Å². The Morgan fingerprint density at radius 3 is 2.64 bits per heavy atom. The number of nitrogens with one attached hydrogen (secondary N) is 2. The fourth-order valence-corrected chi connectivity index (χ4v) is 3.86. The largest absolute Gasteiger partial charge is 0.478 e. The molecule has 2 heterocycles. The third-order valence-electron chi connectivity index (χ3n) is 5.37. The van der Waals surface area contributed by atoms with Gasteiger partial charge in [0.25, 0.3) is 0 Å². The lowest BCUT2D eigenvalue weighted by atomic mass is 10.1. The molecule has 7 heteroatoms. The monoisotopic (exact) mass is 343 g/mol. The highest BCUT2D eigenvalue weighted by molar-refractivity contribution is 6.00. The summed E-state index contributed by atoms with van der Waals surface area (Å²) in [6.45, 7) is 3.55. The highest BCUT2D eigenvalue weighted by Gasteiger charge is 2.22. The lowest BCUT2D eigenvalue weighted by Gasteiger charge is -2.34. The Labute approximate surface area is 147 Å². The second kappa shape index (κ2) is 6.55. The van der Waals surface area contributed by atoms with Crippen molar-refractivity contribution >= 4 is 28.6 Å². The van der Waals surface area contributed by atoms with Crippen molar-refractivity contribution in [3.63, 3.8) is 0 Å². The van der Waals surface area contributed by atoms with E-state index in [4.69, 9.17) is 0 Å². The molecule has 134 valence electrons. The van der Waals surface area contributed by atoms with Crippen LogP contribution in [-0.4, -0.2) is 65.2 Å². The van der Waals surface area contributed by atoms with Crippen LogP contribution >= 0.6 is 0 Å². The zero-order valence-corrected chi connectivity index (χ0v) is 14.6. The molecule has 1 saturated carbocycles. The molecule has 1 saturated heterocycles. The number of likely N-dealkylation sites (N-methyl/N-ethyl adjacent to an activating group) is 1. The van der Waals surface area contributed by atoms with Gasteiger partial charge in [0.1, 0.15) is 0 Å². The summed E-state index contributed by atoms with van der Waals surface area (Å²) in [6, 6.07) is 4.11. The van der Waals surface area contributed by atoms with Gasteiger partial charge in [0.05, 0.1) is 22.3 Å². The van der Waals surface area contributed by atoms with Crippen molar-refractivity contribution in [3.05, 3.63) is 17.7 Å². The molecule has 2 fully saturated rings. The molecule has 7 nitrogen and oxygen atoms in total. The van der Waals surface area contributed by atoms with Crippen molar-refractivity contribution in [3.8, 4) is 0 Å². The standard InChI is InChI=1S/C18H25N5O2/c1-22-6-8-23(9-7-22)16-11-15-14(10-13(16)17(24)25)20-18(21-15)19-12-4-2-3-5-12/h10-12H,2-9H2,1H3,(H,24,25)(H2,19,20,21). The first-order valence-electron chi connectivity index (χ1n) is 9.07. The van der Waals surface area contributed by atoms with E-state index in [1.807, 2.05) is 6.07 Å².